The molecule has 1 saturated heterocycles. The smallest absolute Gasteiger partial charge is 0.257 e. The lowest BCUT2D eigenvalue weighted by Crippen LogP contribution is -2.32. The zero-order valence-corrected chi connectivity index (χ0v) is 16.9. The van der Waals surface area contributed by atoms with Gasteiger partial charge in [-0.1, -0.05) is 12.1 Å². The summed E-state index contributed by atoms with van der Waals surface area (Å²) in [5.41, 5.74) is 9.05. The number of carbonyl (C=O) groups excluding carboxylic acids is 1. The number of fused-ring (bicyclic) bond motifs is 1. The van der Waals surface area contributed by atoms with E-state index in [0.29, 0.717) is 16.5 Å². The summed E-state index contributed by atoms with van der Waals surface area (Å²) in [4.78, 5) is 25.1. The number of rotatable bonds is 4. The highest BCUT2D eigenvalue weighted by Gasteiger charge is 2.23. The van der Waals surface area contributed by atoms with Crippen LogP contribution in [0.25, 0.3) is 22.3 Å². The van der Waals surface area contributed by atoms with Crippen molar-refractivity contribution in [2.75, 3.05) is 24.1 Å². The molecule has 1 aliphatic rings. The Balaban J connectivity index is 1.50. The largest absolute Gasteiger partial charge is 0.383 e. The minimum absolute atomic E-state index is 0.206. The number of anilines is 2. The minimum Gasteiger partial charge on any atom is -0.383 e. The van der Waals surface area contributed by atoms with Crippen LogP contribution in [0.2, 0.25) is 0 Å². The number of carbonyl (C=O) groups is 1. The second-order valence-corrected chi connectivity index (χ2v) is 8.01. The van der Waals surface area contributed by atoms with Gasteiger partial charge in [0.1, 0.15) is 17.8 Å². The average Bonchev–Trinajstić information content (AvgIpc) is 3.43. The highest BCUT2D eigenvalue weighted by atomic mass is 32.1. The molecule has 4 heterocycles. The lowest BCUT2D eigenvalue weighted by Gasteiger charge is -2.23. The van der Waals surface area contributed by atoms with Gasteiger partial charge in [-0.25, -0.2) is 19.6 Å². The van der Waals surface area contributed by atoms with E-state index in [4.69, 9.17) is 10.8 Å². The van der Waals surface area contributed by atoms with Crippen molar-refractivity contribution in [1.29, 1.82) is 0 Å². The summed E-state index contributed by atoms with van der Waals surface area (Å²) in [5.74, 6) is 0.193. The molecule has 3 aromatic heterocycles. The first kappa shape index (κ1) is 18.6. The standard InChI is InChI=1S/C20H20N8OS/c21-17-15-16(27-28(18(15)25-11-24-17)14-2-1-7-22-10-14)12-3-5-13(6-4-12)19(29)26-20-23-8-9-30-20/h3-6,8-9,11,14,22H,1-2,7,10H2,(H2,21,24,25)(H,23,26,29). The Morgan fingerprint density at radius 1 is 1.23 bits per heavy atom. The monoisotopic (exact) mass is 420 g/mol. The van der Waals surface area contributed by atoms with Gasteiger partial charge in [0.15, 0.2) is 10.8 Å². The number of aromatic nitrogens is 5. The minimum atomic E-state index is -0.206. The molecule has 1 atom stereocenters. The van der Waals surface area contributed by atoms with Crippen LogP contribution >= 0.6 is 11.3 Å². The van der Waals surface area contributed by atoms with E-state index in [2.05, 4.69) is 25.6 Å². The Labute approximate surface area is 176 Å². The lowest BCUT2D eigenvalue weighted by molar-refractivity contribution is 0.102. The molecule has 0 radical (unpaired) electrons. The molecule has 0 saturated carbocycles. The summed E-state index contributed by atoms with van der Waals surface area (Å²) in [6, 6.07) is 7.49. The van der Waals surface area contributed by atoms with Crippen LogP contribution in [0.15, 0.2) is 42.2 Å². The van der Waals surface area contributed by atoms with Gasteiger partial charge in [0.05, 0.1) is 11.4 Å². The van der Waals surface area contributed by atoms with Crippen molar-refractivity contribution in [2.24, 2.45) is 0 Å². The molecule has 4 N–H and O–H groups in total. The summed E-state index contributed by atoms with van der Waals surface area (Å²) < 4.78 is 1.96. The highest BCUT2D eigenvalue weighted by molar-refractivity contribution is 7.13. The van der Waals surface area contributed by atoms with Crippen LogP contribution in [0.3, 0.4) is 0 Å². The Morgan fingerprint density at radius 3 is 2.83 bits per heavy atom. The summed E-state index contributed by atoms with van der Waals surface area (Å²) in [6.07, 6.45) is 5.24. The molecule has 152 valence electrons. The normalized spacial score (nSPS) is 16.6. The van der Waals surface area contributed by atoms with Crippen LogP contribution in [0.1, 0.15) is 29.2 Å². The van der Waals surface area contributed by atoms with E-state index in [9.17, 15) is 4.79 Å². The number of hydrogen-bond acceptors (Lipinski definition) is 8. The van der Waals surface area contributed by atoms with Crippen molar-refractivity contribution >= 4 is 39.2 Å². The topological polar surface area (TPSA) is 124 Å². The van der Waals surface area contributed by atoms with Crippen LogP contribution in [0.4, 0.5) is 10.9 Å². The van der Waals surface area contributed by atoms with Gasteiger partial charge >= 0.3 is 0 Å². The molecule has 0 aliphatic carbocycles. The first-order valence-electron chi connectivity index (χ1n) is 9.71. The molecule has 4 aromatic rings. The van der Waals surface area contributed by atoms with Crippen LogP contribution in [-0.2, 0) is 0 Å². The van der Waals surface area contributed by atoms with Crippen molar-refractivity contribution in [2.45, 2.75) is 18.9 Å². The van der Waals surface area contributed by atoms with Gasteiger partial charge in [0.2, 0.25) is 0 Å². The third-order valence-electron chi connectivity index (χ3n) is 5.21. The molecule has 1 aliphatic heterocycles. The quantitative estimate of drug-likeness (QED) is 0.464. The third kappa shape index (κ3) is 3.40. The van der Waals surface area contributed by atoms with E-state index >= 15 is 0 Å². The molecule has 30 heavy (non-hydrogen) atoms. The molecule has 10 heteroatoms. The van der Waals surface area contributed by atoms with Crippen LogP contribution in [0.5, 0.6) is 0 Å². The number of amides is 1. The summed E-state index contributed by atoms with van der Waals surface area (Å²) in [5, 5.41) is 14.2. The zero-order valence-electron chi connectivity index (χ0n) is 16.1. The number of thiazole rings is 1. The van der Waals surface area contributed by atoms with Crippen molar-refractivity contribution < 1.29 is 4.79 Å². The third-order valence-corrected chi connectivity index (χ3v) is 5.90. The molecular weight excluding hydrogens is 400 g/mol. The van der Waals surface area contributed by atoms with Gasteiger partial charge in [0.25, 0.3) is 5.91 Å². The van der Waals surface area contributed by atoms with Crippen molar-refractivity contribution in [3.8, 4) is 11.3 Å². The van der Waals surface area contributed by atoms with Crippen LogP contribution in [-0.4, -0.2) is 43.7 Å². The molecule has 5 rings (SSSR count). The number of benzene rings is 1. The SMILES string of the molecule is Nc1ncnc2c1c(-c1ccc(C(=O)Nc3nccs3)cc1)nn2C1CCCNC1. The van der Waals surface area contributed by atoms with Gasteiger partial charge in [-0.15, -0.1) is 11.3 Å². The predicted molar refractivity (Wildman–Crippen MR) is 116 cm³/mol. The molecule has 1 aromatic carbocycles. The molecular formula is C20H20N8OS. The Kier molecular flexibility index (Phi) is 4.85. The number of nitrogens with one attached hydrogen (secondary N) is 2. The van der Waals surface area contributed by atoms with Crippen molar-refractivity contribution in [3.05, 3.63) is 47.7 Å². The Hall–Kier alpha value is -3.37. The number of nitrogens with two attached hydrogens (primary N) is 1. The molecule has 9 nitrogen and oxygen atoms in total. The molecule has 0 bridgehead atoms. The van der Waals surface area contributed by atoms with Crippen LogP contribution < -0.4 is 16.4 Å². The van der Waals surface area contributed by atoms with Gasteiger partial charge in [-0.2, -0.15) is 5.10 Å². The molecule has 1 fully saturated rings. The maximum atomic E-state index is 12.4. The first-order valence-corrected chi connectivity index (χ1v) is 10.6. The molecule has 1 amide bonds. The predicted octanol–water partition coefficient (Wildman–Crippen LogP) is 2.71. The van der Waals surface area contributed by atoms with Gasteiger partial charge in [-0.3, -0.25) is 10.1 Å². The fraction of sp³-hybridized carbons (Fsp3) is 0.250. The van der Waals surface area contributed by atoms with Crippen LogP contribution in [0, 0.1) is 0 Å². The van der Waals surface area contributed by atoms with Gasteiger partial charge in [-0.05, 0) is 31.5 Å². The van der Waals surface area contributed by atoms with Gasteiger partial charge < -0.3 is 11.1 Å². The van der Waals surface area contributed by atoms with E-state index in [1.54, 1.807) is 18.3 Å². The van der Waals surface area contributed by atoms with Crippen molar-refractivity contribution in [3.63, 3.8) is 0 Å². The number of piperidine rings is 1. The van der Waals surface area contributed by atoms with Crippen molar-refractivity contribution in [1.82, 2.24) is 30.0 Å². The fourth-order valence-corrected chi connectivity index (χ4v) is 4.25. The number of nitrogen functional groups attached to an aromatic ring is 1. The number of hydrogen-bond donors (Lipinski definition) is 3. The summed E-state index contributed by atoms with van der Waals surface area (Å²) >= 11 is 1.38. The second-order valence-electron chi connectivity index (χ2n) is 7.12. The number of nitrogens with zero attached hydrogens (tertiary/aromatic N) is 5. The van der Waals surface area contributed by atoms with E-state index in [1.807, 2.05) is 22.2 Å². The highest BCUT2D eigenvalue weighted by Crippen LogP contribution is 2.33. The first-order chi connectivity index (χ1) is 14.7. The average molecular weight is 421 g/mol. The van der Waals surface area contributed by atoms with Gasteiger partial charge in [0, 0.05) is 29.2 Å². The maximum absolute atomic E-state index is 12.4. The summed E-state index contributed by atoms with van der Waals surface area (Å²) in [7, 11) is 0. The van der Waals surface area contributed by atoms with E-state index in [0.717, 1.165) is 48.2 Å². The summed E-state index contributed by atoms with van der Waals surface area (Å²) in [6.45, 7) is 1.86. The fourth-order valence-electron chi connectivity index (χ4n) is 3.73. The second kappa shape index (κ2) is 7.81. The van der Waals surface area contributed by atoms with E-state index in [-0.39, 0.29) is 11.9 Å². The Morgan fingerprint density at radius 2 is 2.10 bits per heavy atom. The molecule has 1 unspecified atom stereocenters. The Bertz CT molecular complexity index is 1180. The lowest BCUT2D eigenvalue weighted by atomic mass is 10.1. The molecule has 0 spiro atoms. The van der Waals surface area contributed by atoms with E-state index in [1.165, 1.54) is 17.7 Å². The maximum Gasteiger partial charge on any atom is 0.257 e. The zero-order chi connectivity index (χ0) is 20.5. The van der Waals surface area contributed by atoms with E-state index < -0.39 is 0 Å².